The van der Waals surface area contributed by atoms with Crippen molar-refractivity contribution in [3.8, 4) is 0 Å². The van der Waals surface area contributed by atoms with Crippen molar-refractivity contribution in [2.75, 3.05) is 20.2 Å². The van der Waals surface area contributed by atoms with Crippen LogP contribution in [0.2, 0.25) is 0 Å². The van der Waals surface area contributed by atoms with Crippen molar-refractivity contribution in [2.45, 2.75) is 19.9 Å². The van der Waals surface area contributed by atoms with E-state index < -0.39 is 0 Å². The van der Waals surface area contributed by atoms with Gasteiger partial charge in [-0.1, -0.05) is 37.3 Å². The van der Waals surface area contributed by atoms with Gasteiger partial charge in [0.25, 0.3) is 0 Å². The van der Waals surface area contributed by atoms with Crippen molar-refractivity contribution in [2.24, 2.45) is 0 Å². The zero-order chi connectivity index (χ0) is 12.7. The molecule has 0 aliphatic carbocycles. The molecule has 1 aromatic carbocycles. The fourth-order valence-electron chi connectivity index (χ4n) is 1.65. The number of rotatable bonds is 6. The van der Waals surface area contributed by atoms with Crippen LogP contribution in [0.25, 0.3) is 0 Å². The van der Waals surface area contributed by atoms with E-state index in [1.54, 1.807) is 0 Å². The number of aliphatic hydroxyl groups is 1. The highest BCUT2D eigenvalue weighted by Gasteiger charge is 2.27. The smallest absolute Gasteiger partial charge is 0.245 e. The third-order valence-corrected chi connectivity index (χ3v) is 3.79. The van der Waals surface area contributed by atoms with Crippen molar-refractivity contribution in [1.82, 2.24) is 0 Å². The minimum Gasteiger partial charge on any atom is -0.390 e. The van der Waals surface area contributed by atoms with Gasteiger partial charge in [0.2, 0.25) is 5.12 Å². The quantitative estimate of drug-likeness (QED) is 0.625. The number of hydrogen-bond donors (Lipinski definition) is 1. The number of hydrogen-bond acceptors (Lipinski definition) is 3. The van der Waals surface area contributed by atoms with Crippen LogP contribution in [0.1, 0.15) is 18.9 Å². The number of carbonyl (C=O) groups excluding carboxylic acids is 1. The van der Waals surface area contributed by atoms with Crippen LogP contribution < -0.4 is 0 Å². The highest BCUT2D eigenvalue weighted by molar-refractivity contribution is 8.08. The minimum absolute atomic E-state index is 0.0906. The van der Waals surface area contributed by atoms with Gasteiger partial charge in [0.15, 0.2) is 11.9 Å². The van der Waals surface area contributed by atoms with Gasteiger partial charge in [-0.05, 0) is 0 Å². The van der Waals surface area contributed by atoms with Gasteiger partial charge in [0.05, 0.1) is 13.7 Å². The summed E-state index contributed by atoms with van der Waals surface area (Å²) < 4.78 is 0.493. The van der Waals surface area contributed by atoms with Crippen LogP contribution in [0.15, 0.2) is 30.3 Å². The molecule has 4 heteroatoms. The fraction of sp³-hybridized carbons (Fsp3) is 0.462. The lowest BCUT2D eigenvalue weighted by molar-refractivity contribution is -0.787. The Balaban J connectivity index is 2.74. The Bertz CT molecular complexity index is 356. The van der Waals surface area contributed by atoms with E-state index in [-0.39, 0.29) is 11.7 Å². The molecule has 1 rings (SSSR count). The average Bonchev–Trinajstić information content (AvgIpc) is 2.30. The third-order valence-electron chi connectivity index (χ3n) is 2.54. The Morgan fingerprint density at radius 1 is 1.35 bits per heavy atom. The molecule has 0 radical (unpaired) electrons. The summed E-state index contributed by atoms with van der Waals surface area (Å²) in [7, 11) is 1.99. The first-order valence-corrected chi connectivity index (χ1v) is 6.59. The number of likely N-dealkylation sites (N-methyl/N-ethyl adjacent to an activating group) is 1. The second-order valence-corrected chi connectivity index (χ2v) is 5.72. The minimum atomic E-state index is 0.0906. The molecular weight excluding hydrogens is 234 g/mol. The van der Waals surface area contributed by atoms with Crippen LogP contribution in [-0.4, -0.2) is 34.3 Å². The predicted octanol–water partition coefficient (Wildman–Crippen LogP) is 2.21. The van der Waals surface area contributed by atoms with Gasteiger partial charge in [-0.15, -0.1) is 0 Å². The number of aliphatic hydroxyl groups excluding tert-OH is 1. The van der Waals surface area contributed by atoms with Crippen molar-refractivity contribution < 1.29 is 13.8 Å². The summed E-state index contributed by atoms with van der Waals surface area (Å²) in [5, 5.41) is 9.29. The molecule has 1 N–H and O–H groups in total. The standard InChI is InChI=1S/C13H20NO2S/c1-3-13(16)17-14(2,9-10-15)11-12-7-5-4-6-8-12/h4-8,15H,3,9-11H2,1-2H3/q+1. The second-order valence-electron chi connectivity index (χ2n) is 4.20. The van der Waals surface area contributed by atoms with Crippen molar-refractivity contribution >= 4 is 17.1 Å². The molecule has 1 atom stereocenters. The maximum absolute atomic E-state index is 11.6. The molecule has 0 aliphatic heterocycles. The molecule has 0 spiro atoms. The molecule has 0 saturated heterocycles. The van der Waals surface area contributed by atoms with E-state index in [1.807, 2.05) is 44.3 Å². The second kappa shape index (κ2) is 6.79. The summed E-state index contributed by atoms with van der Waals surface area (Å²) >= 11 is 1.31. The zero-order valence-electron chi connectivity index (χ0n) is 10.4. The monoisotopic (exact) mass is 254 g/mol. The van der Waals surface area contributed by atoms with Gasteiger partial charge >= 0.3 is 0 Å². The van der Waals surface area contributed by atoms with Crippen LogP contribution in [0, 0.1) is 0 Å². The number of nitrogens with zero attached hydrogens (tertiary/aromatic N) is 1. The topological polar surface area (TPSA) is 37.3 Å². The maximum Gasteiger partial charge on any atom is 0.245 e. The lowest BCUT2D eigenvalue weighted by Gasteiger charge is -2.30. The molecule has 3 nitrogen and oxygen atoms in total. The lowest BCUT2D eigenvalue weighted by atomic mass is 10.2. The van der Waals surface area contributed by atoms with E-state index in [2.05, 4.69) is 0 Å². The first-order chi connectivity index (χ1) is 8.09. The van der Waals surface area contributed by atoms with Gasteiger partial charge in [-0.2, -0.15) is 0 Å². The summed E-state index contributed by atoms with van der Waals surface area (Å²) in [6.07, 6.45) is 0.527. The molecule has 0 bridgehead atoms. The first kappa shape index (κ1) is 14.2. The molecule has 0 aliphatic rings. The largest absolute Gasteiger partial charge is 0.390 e. The summed E-state index contributed by atoms with van der Waals surface area (Å²) in [6.45, 7) is 3.28. The summed E-state index contributed by atoms with van der Waals surface area (Å²) in [4.78, 5) is 11.6. The lowest BCUT2D eigenvalue weighted by Crippen LogP contribution is -2.39. The molecule has 1 unspecified atom stereocenters. The van der Waals surface area contributed by atoms with E-state index in [0.29, 0.717) is 16.9 Å². The highest BCUT2D eigenvalue weighted by atomic mass is 32.2. The van der Waals surface area contributed by atoms with Gasteiger partial charge < -0.3 is 5.11 Å². The third kappa shape index (κ3) is 4.89. The van der Waals surface area contributed by atoms with Gasteiger partial charge in [-0.25, -0.2) is 0 Å². The molecule has 0 saturated carbocycles. The Morgan fingerprint density at radius 2 is 2.00 bits per heavy atom. The Kier molecular flexibility index (Phi) is 5.68. The normalized spacial score (nSPS) is 14.3. The van der Waals surface area contributed by atoms with Crippen LogP contribution in [0.5, 0.6) is 0 Å². The predicted molar refractivity (Wildman–Crippen MR) is 71.2 cm³/mol. The van der Waals surface area contributed by atoms with Crippen LogP contribution in [0.3, 0.4) is 0 Å². The van der Waals surface area contributed by atoms with E-state index in [4.69, 9.17) is 5.11 Å². The van der Waals surface area contributed by atoms with E-state index in [9.17, 15) is 4.79 Å². The number of benzene rings is 1. The van der Waals surface area contributed by atoms with Gasteiger partial charge in [-0.3, -0.25) is 8.68 Å². The van der Waals surface area contributed by atoms with Crippen LogP contribution in [-0.2, 0) is 11.3 Å². The van der Waals surface area contributed by atoms with Gasteiger partial charge in [0, 0.05) is 12.0 Å². The van der Waals surface area contributed by atoms with Gasteiger partial charge in [0.1, 0.15) is 13.1 Å². The van der Waals surface area contributed by atoms with E-state index in [0.717, 1.165) is 6.54 Å². The highest BCUT2D eigenvalue weighted by Crippen LogP contribution is 2.25. The molecule has 0 aromatic heterocycles. The zero-order valence-corrected chi connectivity index (χ0v) is 11.2. The van der Waals surface area contributed by atoms with E-state index in [1.165, 1.54) is 17.5 Å². The van der Waals surface area contributed by atoms with Crippen molar-refractivity contribution in [3.05, 3.63) is 35.9 Å². The number of carbonyl (C=O) groups is 1. The molecular formula is C13H20NO2S+. The molecule has 0 heterocycles. The van der Waals surface area contributed by atoms with Crippen LogP contribution in [0.4, 0.5) is 0 Å². The van der Waals surface area contributed by atoms with Crippen molar-refractivity contribution in [1.29, 1.82) is 0 Å². The first-order valence-electron chi connectivity index (χ1n) is 5.81. The Hall–Kier alpha value is -0.840. The Morgan fingerprint density at radius 3 is 2.53 bits per heavy atom. The maximum atomic E-state index is 11.6. The van der Waals surface area contributed by atoms with Crippen molar-refractivity contribution in [3.63, 3.8) is 0 Å². The molecule has 0 fully saturated rings. The average molecular weight is 254 g/mol. The summed E-state index contributed by atoms with van der Waals surface area (Å²) in [6, 6.07) is 10.1. The molecule has 1 aromatic rings. The Labute approximate surface area is 107 Å². The molecule has 17 heavy (non-hydrogen) atoms. The van der Waals surface area contributed by atoms with E-state index >= 15 is 0 Å². The SMILES string of the molecule is CCC(=O)S[N+](C)(CCO)Cc1ccccc1. The molecule has 94 valence electrons. The van der Waals surface area contributed by atoms with Crippen LogP contribution >= 0.6 is 11.9 Å². The number of quaternary nitrogens is 1. The molecule has 0 amide bonds. The fourth-order valence-corrected chi connectivity index (χ4v) is 2.66. The summed E-state index contributed by atoms with van der Waals surface area (Å²) in [5.41, 5.74) is 1.18. The summed E-state index contributed by atoms with van der Waals surface area (Å²) in [5.74, 6) is 0.